The number of halogens is 1. The molecule has 1 aromatic rings. The minimum absolute atomic E-state index is 0.0573. The molecule has 0 spiro atoms. The fraction of sp³-hybridized carbons (Fsp3) is 0.286. The fourth-order valence-electron chi connectivity index (χ4n) is 1.63. The second kappa shape index (κ2) is 7.28. The lowest BCUT2D eigenvalue weighted by Crippen LogP contribution is -2.32. The molecule has 108 valence electrons. The first-order valence-corrected chi connectivity index (χ1v) is 6.12. The van der Waals surface area contributed by atoms with E-state index < -0.39 is 23.4 Å². The number of urea groups is 1. The highest BCUT2D eigenvalue weighted by atomic mass is 19.1. The molecule has 0 radical (unpaired) electrons. The van der Waals surface area contributed by atoms with Crippen molar-refractivity contribution in [3.8, 4) is 0 Å². The van der Waals surface area contributed by atoms with Gasteiger partial charge in [0.2, 0.25) is 0 Å². The number of hydrogen-bond acceptors (Lipinski definition) is 2. The van der Waals surface area contributed by atoms with Crippen LogP contribution in [0.5, 0.6) is 0 Å². The van der Waals surface area contributed by atoms with Gasteiger partial charge in [-0.15, -0.1) is 6.58 Å². The molecule has 0 saturated heterocycles. The SMILES string of the molecule is C=CCCCN(C)C(=O)Nc1cccc(F)c1C(=O)O. The van der Waals surface area contributed by atoms with Crippen LogP contribution in [0.2, 0.25) is 0 Å². The first-order valence-electron chi connectivity index (χ1n) is 6.12. The maximum atomic E-state index is 13.4. The minimum Gasteiger partial charge on any atom is -0.478 e. The molecule has 0 aromatic heterocycles. The van der Waals surface area contributed by atoms with Gasteiger partial charge in [-0.05, 0) is 25.0 Å². The van der Waals surface area contributed by atoms with Gasteiger partial charge in [-0.1, -0.05) is 12.1 Å². The maximum Gasteiger partial charge on any atom is 0.340 e. The van der Waals surface area contributed by atoms with Crippen molar-refractivity contribution in [2.45, 2.75) is 12.8 Å². The summed E-state index contributed by atoms with van der Waals surface area (Å²) in [6.45, 7) is 4.08. The number of nitrogens with zero attached hydrogens (tertiary/aromatic N) is 1. The van der Waals surface area contributed by atoms with Crippen molar-refractivity contribution in [2.24, 2.45) is 0 Å². The molecule has 0 aliphatic carbocycles. The summed E-state index contributed by atoms with van der Waals surface area (Å²) in [6.07, 6.45) is 3.28. The van der Waals surface area contributed by atoms with Crippen molar-refractivity contribution >= 4 is 17.7 Å². The third kappa shape index (κ3) is 4.08. The number of carboxylic acids is 1. The molecule has 0 bridgehead atoms. The predicted octanol–water partition coefficient (Wildman–Crippen LogP) is 2.95. The highest BCUT2D eigenvalue weighted by molar-refractivity contribution is 6.00. The Labute approximate surface area is 116 Å². The summed E-state index contributed by atoms with van der Waals surface area (Å²) >= 11 is 0. The van der Waals surface area contributed by atoms with Crippen LogP contribution in [-0.2, 0) is 0 Å². The number of aromatic carboxylic acids is 1. The summed E-state index contributed by atoms with van der Waals surface area (Å²) in [7, 11) is 1.58. The number of allylic oxidation sites excluding steroid dienone is 1. The largest absolute Gasteiger partial charge is 0.478 e. The van der Waals surface area contributed by atoms with Gasteiger partial charge in [0.05, 0.1) is 5.69 Å². The summed E-state index contributed by atoms with van der Waals surface area (Å²) in [5.41, 5.74) is -0.599. The molecule has 1 rings (SSSR count). The molecular formula is C14H17FN2O3. The van der Waals surface area contributed by atoms with Crippen LogP contribution in [0, 0.1) is 5.82 Å². The maximum absolute atomic E-state index is 13.4. The van der Waals surface area contributed by atoms with E-state index >= 15 is 0 Å². The Balaban J connectivity index is 2.78. The zero-order valence-electron chi connectivity index (χ0n) is 11.2. The Kier molecular flexibility index (Phi) is 5.71. The summed E-state index contributed by atoms with van der Waals surface area (Å²) in [6, 6.07) is 3.24. The lowest BCUT2D eigenvalue weighted by atomic mass is 10.1. The molecule has 0 heterocycles. The van der Waals surface area contributed by atoms with Gasteiger partial charge in [0.15, 0.2) is 0 Å². The van der Waals surface area contributed by atoms with Gasteiger partial charge in [-0.25, -0.2) is 14.0 Å². The minimum atomic E-state index is -1.42. The van der Waals surface area contributed by atoms with Gasteiger partial charge >= 0.3 is 12.0 Å². The number of carbonyl (C=O) groups is 2. The van der Waals surface area contributed by atoms with Crippen LogP contribution in [-0.4, -0.2) is 35.6 Å². The standard InChI is InChI=1S/C14H17FN2O3/c1-3-4-5-9-17(2)14(20)16-11-8-6-7-10(15)12(11)13(18)19/h3,6-8H,1,4-5,9H2,2H3,(H,16,20)(H,18,19). The van der Waals surface area contributed by atoms with Crippen LogP contribution in [0.25, 0.3) is 0 Å². The Hall–Kier alpha value is -2.37. The summed E-state index contributed by atoms with van der Waals surface area (Å²) < 4.78 is 13.4. The molecule has 20 heavy (non-hydrogen) atoms. The number of unbranched alkanes of at least 4 members (excludes halogenated alkanes) is 1. The van der Waals surface area contributed by atoms with E-state index in [2.05, 4.69) is 11.9 Å². The average Bonchev–Trinajstić information content (AvgIpc) is 2.38. The molecule has 0 unspecified atom stereocenters. The lowest BCUT2D eigenvalue weighted by Gasteiger charge is -2.18. The van der Waals surface area contributed by atoms with E-state index in [1.165, 1.54) is 17.0 Å². The van der Waals surface area contributed by atoms with Gasteiger partial charge in [0.25, 0.3) is 0 Å². The molecule has 1 aromatic carbocycles. The van der Waals surface area contributed by atoms with Crippen LogP contribution >= 0.6 is 0 Å². The monoisotopic (exact) mass is 280 g/mol. The molecule has 2 amide bonds. The van der Waals surface area contributed by atoms with Gasteiger partial charge < -0.3 is 15.3 Å². The van der Waals surface area contributed by atoms with Crippen molar-refractivity contribution in [1.29, 1.82) is 0 Å². The molecule has 0 aliphatic rings. The van der Waals surface area contributed by atoms with Crippen molar-refractivity contribution in [1.82, 2.24) is 4.90 Å². The van der Waals surface area contributed by atoms with Crippen LogP contribution in [0.15, 0.2) is 30.9 Å². The number of hydrogen-bond donors (Lipinski definition) is 2. The Morgan fingerprint density at radius 1 is 1.50 bits per heavy atom. The fourth-order valence-corrected chi connectivity index (χ4v) is 1.63. The second-order valence-electron chi connectivity index (χ2n) is 4.25. The predicted molar refractivity (Wildman–Crippen MR) is 74.4 cm³/mol. The zero-order valence-corrected chi connectivity index (χ0v) is 11.2. The molecule has 0 saturated carbocycles. The number of amides is 2. The van der Waals surface area contributed by atoms with E-state index in [-0.39, 0.29) is 5.69 Å². The number of anilines is 1. The first kappa shape index (κ1) is 15.7. The van der Waals surface area contributed by atoms with Gasteiger partial charge in [-0.2, -0.15) is 0 Å². The van der Waals surface area contributed by atoms with E-state index in [4.69, 9.17) is 5.11 Å². The lowest BCUT2D eigenvalue weighted by molar-refractivity contribution is 0.0693. The van der Waals surface area contributed by atoms with Gasteiger partial charge in [0, 0.05) is 13.6 Å². The van der Waals surface area contributed by atoms with Crippen molar-refractivity contribution in [3.63, 3.8) is 0 Å². The zero-order chi connectivity index (χ0) is 15.1. The topological polar surface area (TPSA) is 69.6 Å². The highest BCUT2D eigenvalue weighted by Crippen LogP contribution is 2.19. The van der Waals surface area contributed by atoms with Crippen molar-refractivity contribution in [3.05, 3.63) is 42.2 Å². The quantitative estimate of drug-likeness (QED) is 0.621. The Bertz CT molecular complexity index is 517. The van der Waals surface area contributed by atoms with Crippen LogP contribution in [0.1, 0.15) is 23.2 Å². The van der Waals surface area contributed by atoms with E-state index in [0.29, 0.717) is 6.54 Å². The van der Waals surface area contributed by atoms with E-state index in [9.17, 15) is 14.0 Å². The Morgan fingerprint density at radius 3 is 2.80 bits per heavy atom. The highest BCUT2D eigenvalue weighted by Gasteiger charge is 2.18. The number of carboxylic acid groups (broad SMARTS) is 1. The van der Waals surface area contributed by atoms with Crippen molar-refractivity contribution < 1.29 is 19.1 Å². The van der Waals surface area contributed by atoms with Crippen LogP contribution in [0.3, 0.4) is 0 Å². The third-order valence-electron chi connectivity index (χ3n) is 2.72. The molecule has 0 fully saturated rings. The summed E-state index contributed by atoms with van der Waals surface area (Å²) in [5, 5.41) is 11.4. The molecule has 2 N–H and O–H groups in total. The Morgan fingerprint density at radius 2 is 2.20 bits per heavy atom. The van der Waals surface area contributed by atoms with Gasteiger partial charge in [0.1, 0.15) is 11.4 Å². The molecule has 5 nitrogen and oxygen atoms in total. The molecular weight excluding hydrogens is 263 g/mol. The molecule has 6 heteroatoms. The average molecular weight is 280 g/mol. The van der Waals surface area contributed by atoms with E-state index in [1.54, 1.807) is 13.1 Å². The normalized spacial score (nSPS) is 9.90. The summed E-state index contributed by atoms with van der Waals surface area (Å²) in [5.74, 6) is -2.31. The number of benzene rings is 1. The molecule has 0 aliphatic heterocycles. The summed E-state index contributed by atoms with van der Waals surface area (Å²) in [4.78, 5) is 24.3. The first-order chi connectivity index (χ1) is 9.47. The van der Waals surface area contributed by atoms with E-state index in [0.717, 1.165) is 18.9 Å². The van der Waals surface area contributed by atoms with Gasteiger partial charge in [-0.3, -0.25) is 0 Å². The second-order valence-corrected chi connectivity index (χ2v) is 4.25. The number of rotatable bonds is 6. The van der Waals surface area contributed by atoms with Crippen molar-refractivity contribution in [2.75, 3.05) is 18.9 Å². The van der Waals surface area contributed by atoms with E-state index in [1.807, 2.05) is 0 Å². The van der Waals surface area contributed by atoms with Crippen LogP contribution in [0.4, 0.5) is 14.9 Å². The number of carbonyl (C=O) groups excluding carboxylic acids is 1. The smallest absolute Gasteiger partial charge is 0.340 e. The third-order valence-corrected chi connectivity index (χ3v) is 2.72. The molecule has 0 atom stereocenters. The number of nitrogens with one attached hydrogen (secondary N) is 1. The van der Waals surface area contributed by atoms with Crippen LogP contribution < -0.4 is 5.32 Å².